The second kappa shape index (κ2) is 4.73. The molecule has 0 radical (unpaired) electrons. The summed E-state index contributed by atoms with van der Waals surface area (Å²) < 4.78 is 32.2. The number of carboxylic acid groups (broad SMARTS) is 1. The van der Waals surface area contributed by atoms with Gasteiger partial charge in [0, 0.05) is 22.4 Å². The van der Waals surface area contributed by atoms with Crippen LogP contribution in [0.15, 0.2) is 23.6 Å². The summed E-state index contributed by atoms with van der Waals surface area (Å²) in [4.78, 5) is 10.9. The van der Waals surface area contributed by atoms with E-state index in [1.807, 2.05) is 0 Å². The summed E-state index contributed by atoms with van der Waals surface area (Å²) in [6.45, 7) is 0. The third kappa shape index (κ3) is 2.19. The lowest BCUT2D eigenvalue weighted by Crippen LogP contribution is -1.93. The molecule has 0 aliphatic rings. The molecule has 0 amide bonds. The van der Waals surface area contributed by atoms with E-state index in [1.165, 1.54) is 18.6 Å². The van der Waals surface area contributed by atoms with Gasteiger partial charge in [0.15, 0.2) is 0 Å². The van der Waals surface area contributed by atoms with Crippen LogP contribution >= 0.6 is 11.3 Å². The summed E-state index contributed by atoms with van der Waals surface area (Å²) in [5.41, 5.74) is -0.238. The molecule has 0 unspecified atom stereocenters. The minimum absolute atomic E-state index is 0.00428. The Labute approximate surface area is 105 Å². The maximum atomic E-state index is 13.7. The number of hydrogen-bond acceptors (Lipinski definition) is 3. The van der Waals surface area contributed by atoms with Gasteiger partial charge >= 0.3 is 5.97 Å². The van der Waals surface area contributed by atoms with Crippen LogP contribution in [-0.2, 0) is 0 Å². The molecule has 6 heteroatoms. The van der Waals surface area contributed by atoms with Gasteiger partial charge in [-0.1, -0.05) is 0 Å². The number of thiophene rings is 1. The molecule has 0 saturated heterocycles. The SMILES string of the molecule is COc1cc(F)c(-c2cc(C(=O)O)cs2)c(F)c1. The van der Waals surface area contributed by atoms with Crippen LogP contribution in [0.1, 0.15) is 10.4 Å². The van der Waals surface area contributed by atoms with Gasteiger partial charge in [-0.3, -0.25) is 0 Å². The minimum Gasteiger partial charge on any atom is -0.497 e. The van der Waals surface area contributed by atoms with E-state index >= 15 is 0 Å². The topological polar surface area (TPSA) is 46.5 Å². The summed E-state index contributed by atoms with van der Waals surface area (Å²) in [7, 11) is 1.31. The zero-order valence-electron chi connectivity index (χ0n) is 9.24. The van der Waals surface area contributed by atoms with Gasteiger partial charge in [0.2, 0.25) is 0 Å². The van der Waals surface area contributed by atoms with Crippen LogP contribution in [0.3, 0.4) is 0 Å². The van der Waals surface area contributed by atoms with Gasteiger partial charge in [0.25, 0.3) is 0 Å². The summed E-state index contributed by atoms with van der Waals surface area (Å²) in [6.07, 6.45) is 0. The number of methoxy groups -OCH3 is 1. The molecule has 1 N–H and O–H groups in total. The lowest BCUT2D eigenvalue weighted by Gasteiger charge is -2.05. The van der Waals surface area contributed by atoms with Crippen LogP contribution < -0.4 is 4.74 Å². The number of ether oxygens (including phenoxy) is 1. The van der Waals surface area contributed by atoms with Crippen molar-refractivity contribution >= 4 is 17.3 Å². The molecule has 0 atom stereocenters. The van der Waals surface area contributed by atoms with Gasteiger partial charge in [-0.05, 0) is 6.07 Å². The van der Waals surface area contributed by atoms with Crippen molar-refractivity contribution in [3.63, 3.8) is 0 Å². The van der Waals surface area contributed by atoms with Crippen molar-refractivity contribution in [1.82, 2.24) is 0 Å². The number of carbonyl (C=O) groups is 1. The number of hydrogen-bond donors (Lipinski definition) is 1. The van der Waals surface area contributed by atoms with E-state index in [2.05, 4.69) is 0 Å². The number of aromatic carboxylic acids is 1. The van der Waals surface area contributed by atoms with E-state index in [9.17, 15) is 13.6 Å². The van der Waals surface area contributed by atoms with Gasteiger partial charge in [-0.15, -0.1) is 11.3 Å². The van der Waals surface area contributed by atoms with E-state index in [0.717, 1.165) is 23.5 Å². The number of halogens is 2. The maximum absolute atomic E-state index is 13.7. The molecule has 3 nitrogen and oxygen atoms in total. The van der Waals surface area contributed by atoms with E-state index in [1.54, 1.807) is 0 Å². The number of carboxylic acids is 1. The molecule has 1 aromatic heterocycles. The predicted molar refractivity (Wildman–Crippen MR) is 63.2 cm³/mol. The highest BCUT2D eigenvalue weighted by molar-refractivity contribution is 7.13. The van der Waals surface area contributed by atoms with E-state index in [-0.39, 0.29) is 21.8 Å². The largest absolute Gasteiger partial charge is 0.497 e. The van der Waals surface area contributed by atoms with Gasteiger partial charge in [-0.2, -0.15) is 0 Å². The molecule has 0 aliphatic carbocycles. The summed E-state index contributed by atoms with van der Waals surface area (Å²) >= 11 is 0.971. The first-order valence-corrected chi connectivity index (χ1v) is 5.76. The zero-order valence-corrected chi connectivity index (χ0v) is 10.1. The third-order valence-corrected chi connectivity index (χ3v) is 3.29. The molecule has 18 heavy (non-hydrogen) atoms. The smallest absolute Gasteiger partial charge is 0.336 e. The normalized spacial score (nSPS) is 10.4. The van der Waals surface area contributed by atoms with Crippen molar-refractivity contribution in [1.29, 1.82) is 0 Å². The first-order chi connectivity index (χ1) is 8.52. The molecular formula is C12H8F2O3S. The second-order valence-corrected chi connectivity index (χ2v) is 4.38. The minimum atomic E-state index is -1.13. The van der Waals surface area contributed by atoms with Gasteiger partial charge in [0.05, 0.1) is 18.2 Å². The maximum Gasteiger partial charge on any atom is 0.336 e. The monoisotopic (exact) mass is 270 g/mol. The van der Waals surface area contributed by atoms with Crippen LogP contribution in [0.5, 0.6) is 5.75 Å². The zero-order chi connectivity index (χ0) is 13.3. The van der Waals surface area contributed by atoms with Crippen molar-refractivity contribution in [2.24, 2.45) is 0 Å². The average molecular weight is 270 g/mol. The van der Waals surface area contributed by atoms with E-state index in [0.29, 0.717) is 0 Å². The molecule has 94 valence electrons. The lowest BCUT2D eigenvalue weighted by atomic mass is 10.1. The summed E-state index contributed by atoms with van der Waals surface area (Å²) in [5.74, 6) is -2.63. The van der Waals surface area contributed by atoms with Crippen molar-refractivity contribution in [3.8, 4) is 16.2 Å². The van der Waals surface area contributed by atoms with Crippen LogP contribution in [-0.4, -0.2) is 18.2 Å². The van der Waals surface area contributed by atoms with Gasteiger partial charge in [-0.25, -0.2) is 13.6 Å². The predicted octanol–water partition coefficient (Wildman–Crippen LogP) is 3.40. The van der Waals surface area contributed by atoms with E-state index < -0.39 is 17.6 Å². The summed E-state index contributed by atoms with van der Waals surface area (Å²) in [5, 5.41) is 10.1. The fourth-order valence-electron chi connectivity index (χ4n) is 1.48. The van der Waals surface area contributed by atoms with Crippen LogP contribution in [0.25, 0.3) is 10.4 Å². The number of benzene rings is 1. The Hall–Kier alpha value is -1.95. The van der Waals surface area contributed by atoms with Crippen molar-refractivity contribution in [2.45, 2.75) is 0 Å². The van der Waals surface area contributed by atoms with Crippen molar-refractivity contribution in [2.75, 3.05) is 7.11 Å². The third-order valence-electron chi connectivity index (χ3n) is 2.34. The molecule has 1 aromatic carbocycles. The van der Waals surface area contributed by atoms with Crippen molar-refractivity contribution < 1.29 is 23.4 Å². The quantitative estimate of drug-likeness (QED) is 0.929. The first-order valence-electron chi connectivity index (χ1n) is 4.88. The Kier molecular flexibility index (Phi) is 3.29. The molecule has 2 rings (SSSR count). The Morgan fingerprint density at radius 1 is 1.28 bits per heavy atom. The van der Waals surface area contributed by atoms with Crippen molar-refractivity contribution in [3.05, 3.63) is 40.8 Å². The molecular weight excluding hydrogens is 262 g/mol. The van der Waals surface area contributed by atoms with E-state index in [4.69, 9.17) is 9.84 Å². The van der Waals surface area contributed by atoms with Crippen LogP contribution in [0, 0.1) is 11.6 Å². The standard InChI is InChI=1S/C12H8F2O3S/c1-17-7-3-8(13)11(9(14)4-7)10-2-6(5-18-10)12(15)16/h2-5H,1H3,(H,15,16). The highest BCUT2D eigenvalue weighted by Gasteiger charge is 2.17. The molecule has 2 aromatic rings. The summed E-state index contributed by atoms with van der Waals surface area (Å²) in [6, 6.07) is 3.35. The van der Waals surface area contributed by atoms with Crippen LogP contribution in [0.2, 0.25) is 0 Å². The molecule has 0 saturated carbocycles. The van der Waals surface area contributed by atoms with Gasteiger partial charge in [0.1, 0.15) is 17.4 Å². The highest BCUT2D eigenvalue weighted by Crippen LogP contribution is 2.33. The molecule has 1 heterocycles. The lowest BCUT2D eigenvalue weighted by molar-refractivity contribution is 0.0697. The Bertz CT molecular complexity index is 584. The first kappa shape index (κ1) is 12.5. The highest BCUT2D eigenvalue weighted by atomic mass is 32.1. The van der Waals surface area contributed by atoms with Crippen LogP contribution in [0.4, 0.5) is 8.78 Å². The molecule has 0 aliphatic heterocycles. The Morgan fingerprint density at radius 2 is 1.89 bits per heavy atom. The fraction of sp³-hybridized carbons (Fsp3) is 0.0833. The fourth-order valence-corrected chi connectivity index (χ4v) is 2.41. The Morgan fingerprint density at radius 3 is 2.33 bits per heavy atom. The van der Waals surface area contributed by atoms with Gasteiger partial charge < -0.3 is 9.84 Å². The second-order valence-electron chi connectivity index (χ2n) is 3.47. The average Bonchev–Trinajstić information content (AvgIpc) is 2.77. The molecule has 0 bridgehead atoms. The molecule has 0 spiro atoms. The Balaban J connectivity index is 2.53. The number of rotatable bonds is 3. The molecule has 0 fully saturated rings.